The number of amides is 2. The molecule has 1 aromatic carbocycles. The van der Waals surface area contributed by atoms with Gasteiger partial charge in [0.15, 0.2) is 0 Å². The lowest BCUT2D eigenvalue weighted by Crippen LogP contribution is -2.54. The summed E-state index contributed by atoms with van der Waals surface area (Å²) >= 11 is 0. The minimum Gasteiger partial charge on any atom is -0.391 e. The van der Waals surface area contributed by atoms with Crippen molar-refractivity contribution in [2.75, 3.05) is 13.6 Å². The maximum Gasteiger partial charge on any atom is 0.245 e. The quantitative estimate of drug-likeness (QED) is 0.541. The Morgan fingerprint density at radius 1 is 1.34 bits per heavy atom. The van der Waals surface area contributed by atoms with Crippen molar-refractivity contribution >= 4 is 22.7 Å². The van der Waals surface area contributed by atoms with Crippen LogP contribution in [0.5, 0.6) is 0 Å². The second-order valence-electron chi connectivity index (χ2n) is 7.88. The first-order chi connectivity index (χ1) is 14.0. The molecule has 7 nitrogen and oxygen atoms in total. The maximum absolute atomic E-state index is 13.3. The highest BCUT2D eigenvalue weighted by molar-refractivity contribution is 5.90. The average Bonchev–Trinajstić information content (AvgIpc) is 3.30. The van der Waals surface area contributed by atoms with Crippen molar-refractivity contribution in [3.05, 3.63) is 36.0 Å². The van der Waals surface area contributed by atoms with Crippen molar-refractivity contribution in [1.29, 1.82) is 0 Å². The Morgan fingerprint density at radius 2 is 2.10 bits per heavy atom. The molecule has 1 aliphatic rings. The van der Waals surface area contributed by atoms with Crippen molar-refractivity contribution in [2.45, 2.75) is 63.8 Å². The lowest BCUT2D eigenvalue weighted by molar-refractivity contribution is -0.138. The van der Waals surface area contributed by atoms with E-state index in [9.17, 15) is 14.7 Å². The van der Waals surface area contributed by atoms with Gasteiger partial charge in [0.2, 0.25) is 11.8 Å². The number of aliphatic hydroxyl groups excluding tert-OH is 1. The van der Waals surface area contributed by atoms with Crippen molar-refractivity contribution in [3.63, 3.8) is 0 Å². The normalized spacial score (nSPS) is 21.3. The summed E-state index contributed by atoms with van der Waals surface area (Å²) in [5, 5.41) is 17.5. The number of nitrogens with zero attached hydrogens (tertiary/aromatic N) is 1. The molecule has 4 atom stereocenters. The Kier molecular flexibility index (Phi) is 6.92. The number of aliphatic hydroxyl groups is 1. The molecule has 1 saturated heterocycles. The number of rotatable bonds is 8. The number of H-pyrrole nitrogens is 1. The Balaban J connectivity index is 1.77. The van der Waals surface area contributed by atoms with Gasteiger partial charge in [-0.05, 0) is 44.9 Å². The van der Waals surface area contributed by atoms with Crippen LogP contribution in [0.3, 0.4) is 0 Å². The van der Waals surface area contributed by atoms with Crippen molar-refractivity contribution < 1.29 is 14.7 Å². The maximum atomic E-state index is 13.3. The molecule has 1 unspecified atom stereocenters. The Hall–Kier alpha value is -2.38. The van der Waals surface area contributed by atoms with Gasteiger partial charge in [0.25, 0.3) is 0 Å². The van der Waals surface area contributed by atoms with Gasteiger partial charge >= 0.3 is 0 Å². The van der Waals surface area contributed by atoms with Gasteiger partial charge in [-0.15, -0.1) is 0 Å². The number of hydrogen-bond donors (Lipinski definition) is 4. The molecule has 0 spiro atoms. The molecule has 2 heterocycles. The first kappa shape index (κ1) is 21.3. The van der Waals surface area contributed by atoms with E-state index in [0.717, 1.165) is 22.9 Å². The zero-order valence-electron chi connectivity index (χ0n) is 17.4. The number of likely N-dealkylation sites (N-methyl/N-ethyl adjacent to an activating group) is 1. The fourth-order valence-electron chi connectivity index (χ4n) is 4.06. The molecular formula is C22H32N4O3. The van der Waals surface area contributed by atoms with Crippen LogP contribution in [0.4, 0.5) is 0 Å². The fourth-order valence-corrected chi connectivity index (χ4v) is 4.06. The molecule has 29 heavy (non-hydrogen) atoms. The summed E-state index contributed by atoms with van der Waals surface area (Å²) in [6.45, 7) is 4.27. The Morgan fingerprint density at radius 3 is 2.83 bits per heavy atom. The van der Waals surface area contributed by atoms with E-state index in [4.69, 9.17) is 0 Å². The summed E-state index contributed by atoms with van der Waals surface area (Å²) in [6, 6.07) is 6.81. The summed E-state index contributed by atoms with van der Waals surface area (Å²) in [4.78, 5) is 30.7. The highest BCUT2D eigenvalue weighted by Gasteiger charge is 2.39. The molecule has 1 aliphatic heterocycles. The number of benzene rings is 1. The van der Waals surface area contributed by atoms with Gasteiger partial charge in [-0.3, -0.25) is 9.59 Å². The third-order valence-electron chi connectivity index (χ3n) is 5.92. The van der Waals surface area contributed by atoms with Crippen molar-refractivity contribution in [2.24, 2.45) is 0 Å². The topological polar surface area (TPSA) is 97.5 Å². The number of hydrogen-bond acceptors (Lipinski definition) is 4. The number of para-hydroxylation sites is 1. The SMILES string of the molecule is CCC[C@H](NC(=O)[C@H](C)NC)C(=O)N1CCC(O)[C@@H]1Cc1c[nH]c2ccccc12. The van der Waals surface area contributed by atoms with Crippen LogP contribution < -0.4 is 10.6 Å². The zero-order valence-corrected chi connectivity index (χ0v) is 17.4. The van der Waals surface area contributed by atoms with Crippen molar-refractivity contribution in [3.8, 4) is 0 Å². The number of likely N-dealkylation sites (tertiary alicyclic amines) is 1. The summed E-state index contributed by atoms with van der Waals surface area (Å²) < 4.78 is 0. The summed E-state index contributed by atoms with van der Waals surface area (Å²) in [7, 11) is 1.72. The molecular weight excluding hydrogens is 368 g/mol. The van der Waals surface area contributed by atoms with E-state index in [1.165, 1.54) is 0 Å². The highest BCUT2D eigenvalue weighted by Crippen LogP contribution is 2.27. The molecule has 1 fully saturated rings. The van der Waals surface area contributed by atoms with Gasteiger partial charge in [0.1, 0.15) is 6.04 Å². The number of nitrogens with one attached hydrogen (secondary N) is 3. The van der Waals surface area contributed by atoms with Gasteiger partial charge in [-0.25, -0.2) is 0 Å². The van der Waals surface area contributed by atoms with Crippen LogP contribution in [0.25, 0.3) is 10.9 Å². The number of carbonyl (C=O) groups excluding carboxylic acids is 2. The monoisotopic (exact) mass is 400 g/mol. The van der Waals surface area contributed by atoms with E-state index < -0.39 is 12.1 Å². The third kappa shape index (κ3) is 4.62. The van der Waals surface area contributed by atoms with Gasteiger partial charge in [0, 0.05) is 23.6 Å². The average molecular weight is 401 g/mol. The van der Waals surface area contributed by atoms with Crippen LogP contribution in [-0.4, -0.2) is 64.6 Å². The molecule has 2 aromatic rings. The van der Waals surface area contributed by atoms with E-state index in [1.54, 1.807) is 18.9 Å². The second kappa shape index (κ2) is 9.41. The van der Waals surface area contributed by atoms with Crippen LogP contribution in [0.2, 0.25) is 0 Å². The first-order valence-corrected chi connectivity index (χ1v) is 10.5. The van der Waals surface area contributed by atoms with E-state index in [0.29, 0.717) is 25.8 Å². The smallest absolute Gasteiger partial charge is 0.245 e. The van der Waals surface area contributed by atoms with E-state index in [2.05, 4.69) is 15.6 Å². The summed E-state index contributed by atoms with van der Waals surface area (Å²) in [5.74, 6) is -0.294. The van der Waals surface area contributed by atoms with E-state index in [-0.39, 0.29) is 23.9 Å². The van der Waals surface area contributed by atoms with E-state index in [1.807, 2.05) is 37.4 Å². The number of carbonyl (C=O) groups is 2. The molecule has 0 aliphatic carbocycles. The van der Waals surface area contributed by atoms with Crippen molar-refractivity contribution in [1.82, 2.24) is 20.5 Å². The standard InChI is InChI=1S/C22H32N4O3/c1-4-7-18(25-21(28)14(2)23-3)22(29)26-11-10-20(27)19(26)12-15-13-24-17-9-6-5-8-16(15)17/h5-6,8-9,13-14,18-20,23-24,27H,4,7,10-12H2,1-3H3,(H,25,28)/t14-,18-,19-,20?/m0/s1. The summed E-state index contributed by atoms with van der Waals surface area (Å²) in [5.41, 5.74) is 2.13. The van der Waals surface area contributed by atoms with Crippen LogP contribution in [0, 0.1) is 0 Å². The first-order valence-electron chi connectivity index (χ1n) is 10.5. The van der Waals surface area contributed by atoms with Gasteiger partial charge < -0.3 is 25.6 Å². The molecule has 4 N–H and O–H groups in total. The Bertz CT molecular complexity index is 849. The molecule has 1 aromatic heterocycles. The predicted octanol–water partition coefficient (Wildman–Crippen LogP) is 1.57. The van der Waals surface area contributed by atoms with Crippen LogP contribution >= 0.6 is 0 Å². The molecule has 3 rings (SSSR count). The van der Waals surface area contributed by atoms with E-state index >= 15 is 0 Å². The zero-order chi connectivity index (χ0) is 21.0. The van der Waals surface area contributed by atoms with Gasteiger partial charge in [-0.1, -0.05) is 31.5 Å². The van der Waals surface area contributed by atoms with Gasteiger partial charge in [-0.2, -0.15) is 0 Å². The minimum absolute atomic E-state index is 0.107. The lowest BCUT2D eigenvalue weighted by Gasteiger charge is -2.30. The van der Waals surface area contributed by atoms with Crippen LogP contribution in [0.15, 0.2) is 30.5 Å². The summed E-state index contributed by atoms with van der Waals surface area (Å²) in [6.07, 6.45) is 3.89. The molecule has 7 heteroatoms. The molecule has 0 saturated carbocycles. The fraction of sp³-hybridized carbons (Fsp3) is 0.545. The molecule has 158 valence electrons. The second-order valence-corrected chi connectivity index (χ2v) is 7.88. The van der Waals surface area contributed by atoms with Crippen LogP contribution in [-0.2, 0) is 16.0 Å². The minimum atomic E-state index is -0.570. The molecule has 0 radical (unpaired) electrons. The number of aromatic amines is 1. The number of fused-ring (bicyclic) bond motifs is 1. The number of aromatic nitrogens is 1. The van der Waals surface area contributed by atoms with Crippen LogP contribution in [0.1, 0.15) is 38.7 Å². The lowest BCUT2D eigenvalue weighted by atomic mass is 10.0. The Labute approximate surface area is 171 Å². The van der Waals surface area contributed by atoms with Gasteiger partial charge in [0.05, 0.1) is 18.2 Å². The predicted molar refractivity (Wildman–Crippen MR) is 113 cm³/mol. The molecule has 0 bridgehead atoms. The molecule has 2 amide bonds. The largest absolute Gasteiger partial charge is 0.391 e. The highest BCUT2D eigenvalue weighted by atomic mass is 16.3. The third-order valence-corrected chi connectivity index (χ3v) is 5.92.